The summed E-state index contributed by atoms with van der Waals surface area (Å²) in [6, 6.07) is 12.0. The second-order valence-electron chi connectivity index (χ2n) is 5.43. The van der Waals surface area contributed by atoms with Crippen LogP contribution in [0.2, 0.25) is 0 Å². The Morgan fingerprint density at radius 1 is 1.26 bits per heavy atom. The van der Waals surface area contributed by atoms with E-state index in [2.05, 4.69) is 15.9 Å². The third-order valence-corrected chi connectivity index (χ3v) is 4.42. The molecule has 0 bridgehead atoms. The lowest BCUT2D eigenvalue weighted by Gasteiger charge is -2.12. The van der Waals surface area contributed by atoms with E-state index in [-0.39, 0.29) is 24.8 Å². The van der Waals surface area contributed by atoms with E-state index in [0.717, 1.165) is 15.6 Å². The Labute approximate surface area is 143 Å². The van der Waals surface area contributed by atoms with Crippen molar-refractivity contribution in [3.63, 3.8) is 0 Å². The molecule has 2 aromatic rings. The molecule has 1 atom stereocenters. The second-order valence-corrected chi connectivity index (χ2v) is 6.28. The molecule has 0 saturated carbocycles. The molecule has 0 aliphatic heterocycles. The van der Waals surface area contributed by atoms with Crippen LogP contribution >= 0.6 is 15.9 Å². The van der Waals surface area contributed by atoms with E-state index < -0.39 is 5.97 Å². The fraction of sp³-hybridized carbons (Fsp3) is 0.278. The van der Waals surface area contributed by atoms with Gasteiger partial charge in [0, 0.05) is 16.5 Å². The van der Waals surface area contributed by atoms with E-state index in [1.54, 1.807) is 6.07 Å². The number of aliphatic carboxylic acids is 1. The molecular formula is C18H18BrFO3. The molecule has 0 spiro atoms. The Hall–Kier alpha value is -1.88. The quantitative estimate of drug-likeness (QED) is 0.723. The summed E-state index contributed by atoms with van der Waals surface area (Å²) >= 11 is 3.37. The van der Waals surface area contributed by atoms with Gasteiger partial charge in [-0.15, -0.1) is 0 Å². The summed E-state index contributed by atoms with van der Waals surface area (Å²) in [6.07, 6.45) is 0.763. The van der Waals surface area contributed by atoms with Crippen LogP contribution in [0.4, 0.5) is 4.39 Å². The lowest BCUT2D eigenvalue weighted by atomic mass is 9.96. The smallest absolute Gasteiger partial charge is 0.303 e. The first-order valence-corrected chi connectivity index (χ1v) is 8.13. The number of hydrogen-bond acceptors (Lipinski definition) is 2. The van der Waals surface area contributed by atoms with Gasteiger partial charge in [-0.05, 0) is 48.2 Å². The third kappa shape index (κ3) is 5.36. The summed E-state index contributed by atoms with van der Waals surface area (Å²) in [4.78, 5) is 10.6. The molecule has 122 valence electrons. The minimum absolute atomic E-state index is 0.160. The predicted molar refractivity (Wildman–Crippen MR) is 90.2 cm³/mol. The van der Waals surface area contributed by atoms with Crippen molar-refractivity contribution in [2.24, 2.45) is 0 Å². The van der Waals surface area contributed by atoms with E-state index in [0.29, 0.717) is 12.2 Å². The van der Waals surface area contributed by atoms with E-state index in [4.69, 9.17) is 9.84 Å². The van der Waals surface area contributed by atoms with Gasteiger partial charge in [0.2, 0.25) is 0 Å². The van der Waals surface area contributed by atoms with Crippen molar-refractivity contribution in [2.45, 2.75) is 32.3 Å². The molecular weight excluding hydrogens is 363 g/mol. The fourth-order valence-electron chi connectivity index (χ4n) is 2.21. The molecule has 3 nitrogen and oxygen atoms in total. The molecule has 0 heterocycles. The molecule has 0 aliphatic rings. The zero-order valence-electron chi connectivity index (χ0n) is 12.8. The number of carboxylic acid groups (broad SMARTS) is 1. The first kappa shape index (κ1) is 17.5. The molecule has 1 N–H and O–H groups in total. The minimum Gasteiger partial charge on any atom is -0.489 e. The van der Waals surface area contributed by atoms with Gasteiger partial charge < -0.3 is 9.84 Å². The van der Waals surface area contributed by atoms with Gasteiger partial charge in [0.05, 0.1) is 0 Å². The zero-order valence-corrected chi connectivity index (χ0v) is 14.3. The molecule has 0 aliphatic carbocycles. The highest BCUT2D eigenvalue weighted by molar-refractivity contribution is 9.10. The molecule has 23 heavy (non-hydrogen) atoms. The highest BCUT2D eigenvalue weighted by Crippen LogP contribution is 2.24. The zero-order chi connectivity index (χ0) is 16.8. The number of ether oxygens (including phenoxy) is 1. The van der Waals surface area contributed by atoms with Gasteiger partial charge in [-0.25, -0.2) is 4.39 Å². The molecule has 0 amide bonds. The maximum Gasteiger partial charge on any atom is 0.303 e. The molecule has 0 fully saturated rings. The van der Waals surface area contributed by atoms with Crippen LogP contribution in [0.1, 0.15) is 36.8 Å². The summed E-state index contributed by atoms with van der Waals surface area (Å²) in [5, 5.41) is 8.72. The van der Waals surface area contributed by atoms with Gasteiger partial charge in [-0.2, -0.15) is 0 Å². The Kier molecular flexibility index (Phi) is 6.16. The molecule has 0 saturated heterocycles. The van der Waals surface area contributed by atoms with Crippen LogP contribution in [0, 0.1) is 5.82 Å². The highest BCUT2D eigenvalue weighted by Gasteiger charge is 2.09. The van der Waals surface area contributed by atoms with Crippen molar-refractivity contribution in [1.82, 2.24) is 0 Å². The molecule has 0 radical (unpaired) electrons. The maximum atomic E-state index is 13.2. The highest BCUT2D eigenvalue weighted by atomic mass is 79.9. The predicted octanol–water partition coefficient (Wildman–Crippen LogP) is 5.14. The largest absolute Gasteiger partial charge is 0.489 e. The minimum atomic E-state index is -0.780. The number of halogens is 2. The summed E-state index contributed by atoms with van der Waals surface area (Å²) in [5.74, 6) is -0.209. The van der Waals surface area contributed by atoms with Gasteiger partial charge in [0.25, 0.3) is 0 Å². The Morgan fingerprint density at radius 3 is 2.61 bits per heavy atom. The summed E-state index contributed by atoms with van der Waals surface area (Å²) in [7, 11) is 0. The normalized spacial score (nSPS) is 12.0. The van der Waals surface area contributed by atoms with Crippen LogP contribution in [-0.4, -0.2) is 11.1 Å². The molecule has 5 heteroatoms. The van der Waals surface area contributed by atoms with E-state index in [1.807, 2.05) is 31.2 Å². The Bertz CT molecular complexity index is 670. The molecule has 2 aromatic carbocycles. The number of rotatable bonds is 7. The van der Waals surface area contributed by atoms with Crippen molar-refractivity contribution < 1.29 is 19.0 Å². The average Bonchev–Trinajstić information content (AvgIpc) is 2.54. The lowest BCUT2D eigenvalue weighted by molar-refractivity contribution is -0.137. The number of carboxylic acids is 1. The number of carbonyl (C=O) groups is 1. The topological polar surface area (TPSA) is 46.5 Å². The number of hydrogen-bond donors (Lipinski definition) is 1. The third-order valence-electron chi connectivity index (χ3n) is 3.64. The van der Waals surface area contributed by atoms with Crippen LogP contribution in [0.15, 0.2) is 46.9 Å². The van der Waals surface area contributed by atoms with Crippen molar-refractivity contribution >= 4 is 21.9 Å². The van der Waals surface area contributed by atoms with Gasteiger partial charge in [0.15, 0.2) is 0 Å². The monoisotopic (exact) mass is 380 g/mol. The average molecular weight is 381 g/mol. The lowest BCUT2D eigenvalue weighted by Crippen LogP contribution is -2.01. The van der Waals surface area contributed by atoms with Gasteiger partial charge >= 0.3 is 5.97 Å². The van der Waals surface area contributed by atoms with Crippen LogP contribution in [0.5, 0.6) is 5.75 Å². The maximum absolute atomic E-state index is 13.2. The Balaban J connectivity index is 1.94. The SMILES string of the molecule is CC(CCC(=O)O)c1ccc(OCc2cc(F)ccc2Br)cc1. The van der Waals surface area contributed by atoms with Crippen LogP contribution in [0.25, 0.3) is 0 Å². The van der Waals surface area contributed by atoms with E-state index in [1.165, 1.54) is 12.1 Å². The molecule has 1 unspecified atom stereocenters. The number of benzene rings is 2. The van der Waals surface area contributed by atoms with Gasteiger partial charge in [-0.1, -0.05) is 35.0 Å². The Morgan fingerprint density at radius 2 is 1.96 bits per heavy atom. The summed E-state index contributed by atoms with van der Waals surface area (Å²) in [5.41, 5.74) is 1.81. The second kappa shape index (κ2) is 8.11. The molecule has 0 aromatic heterocycles. The van der Waals surface area contributed by atoms with Crippen LogP contribution in [-0.2, 0) is 11.4 Å². The standard InChI is InChI=1S/C18H18BrFO3/c1-12(2-9-18(21)22)13-3-6-16(7-4-13)23-11-14-10-15(20)5-8-17(14)19/h3-8,10,12H,2,9,11H2,1H3,(H,21,22). The first-order valence-electron chi connectivity index (χ1n) is 7.34. The van der Waals surface area contributed by atoms with Gasteiger partial charge in [0.1, 0.15) is 18.2 Å². The van der Waals surface area contributed by atoms with Crippen LogP contribution in [0.3, 0.4) is 0 Å². The van der Waals surface area contributed by atoms with Gasteiger partial charge in [-0.3, -0.25) is 4.79 Å². The van der Waals surface area contributed by atoms with Crippen molar-refractivity contribution in [1.29, 1.82) is 0 Å². The van der Waals surface area contributed by atoms with E-state index in [9.17, 15) is 9.18 Å². The summed E-state index contributed by atoms with van der Waals surface area (Å²) < 4.78 is 19.7. The van der Waals surface area contributed by atoms with Crippen molar-refractivity contribution in [3.05, 3.63) is 63.9 Å². The molecule has 2 rings (SSSR count). The van der Waals surface area contributed by atoms with Crippen LogP contribution < -0.4 is 4.74 Å². The first-order chi connectivity index (χ1) is 11.0. The van der Waals surface area contributed by atoms with Crippen molar-refractivity contribution in [3.8, 4) is 5.75 Å². The van der Waals surface area contributed by atoms with Crippen molar-refractivity contribution in [2.75, 3.05) is 0 Å². The summed E-state index contributed by atoms with van der Waals surface area (Å²) in [6.45, 7) is 2.27. The fourth-order valence-corrected chi connectivity index (χ4v) is 2.58. The van der Waals surface area contributed by atoms with E-state index >= 15 is 0 Å².